The van der Waals surface area contributed by atoms with Gasteiger partial charge in [0.25, 0.3) is 0 Å². The van der Waals surface area contributed by atoms with Crippen LogP contribution in [0.4, 0.5) is 4.79 Å². The monoisotopic (exact) mass is 451 g/mol. The molecule has 0 spiro atoms. The standard InChI is InChI=1S/C24H37NO7/c1-6-7-13-29-21-17(2)31-22(26)19(25-23(27)32-24(3,4)5)15-28-16-20(21)30-14-18-11-9-8-10-12-18/h8-12,17,19-21H,6-7,13-16H2,1-5H3,(H,25,27)/t17-,19-,20-,21-/m0/s1. The number of unbranched alkanes of at least 4 members (excludes halogenated alkanes) is 1. The Bertz CT molecular complexity index is 704. The lowest BCUT2D eigenvalue weighted by Crippen LogP contribution is -2.48. The first kappa shape index (κ1) is 26.1. The molecule has 8 heteroatoms. The molecule has 1 aliphatic heterocycles. The second-order valence-corrected chi connectivity index (χ2v) is 8.90. The number of amides is 1. The van der Waals surface area contributed by atoms with Gasteiger partial charge in [-0.25, -0.2) is 9.59 Å². The summed E-state index contributed by atoms with van der Waals surface area (Å²) in [5, 5.41) is 2.54. The van der Waals surface area contributed by atoms with E-state index in [-0.39, 0.29) is 13.2 Å². The van der Waals surface area contributed by atoms with Crippen LogP contribution >= 0.6 is 0 Å². The van der Waals surface area contributed by atoms with Crippen LogP contribution in [0.25, 0.3) is 0 Å². The van der Waals surface area contributed by atoms with Crippen molar-refractivity contribution in [1.29, 1.82) is 0 Å². The fraction of sp³-hybridized carbons (Fsp3) is 0.667. The van der Waals surface area contributed by atoms with Gasteiger partial charge in [0.15, 0.2) is 6.04 Å². The van der Waals surface area contributed by atoms with E-state index < -0.39 is 42.0 Å². The number of cyclic esters (lactones) is 1. The number of benzene rings is 1. The van der Waals surface area contributed by atoms with E-state index >= 15 is 0 Å². The van der Waals surface area contributed by atoms with E-state index in [1.54, 1.807) is 27.7 Å². The van der Waals surface area contributed by atoms with Crippen molar-refractivity contribution in [2.24, 2.45) is 0 Å². The van der Waals surface area contributed by atoms with Crippen molar-refractivity contribution in [3.05, 3.63) is 35.9 Å². The second-order valence-electron chi connectivity index (χ2n) is 8.90. The Kier molecular flexibility index (Phi) is 10.4. The molecule has 1 amide bonds. The summed E-state index contributed by atoms with van der Waals surface area (Å²) < 4.78 is 28.9. The van der Waals surface area contributed by atoms with Gasteiger partial charge in [-0.2, -0.15) is 0 Å². The van der Waals surface area contributed by atoms with Crippen LogP contribution in [0, 0.1) is 0 Å². The quantitative estimate of drug-likeness (QED) is 0.477. The van der Waals surface area contributed by atoms with Crippen LogP contribution in [-0.4, -0.2) is 61.8 Å². The minimum absolute atomic E-state index is 0.0579. The third-order valence-electron chi connectivity index (χ3n) is 4.79. The fourth-order valence-corrected chi connectivity index (χ4v) is 3.18. The molecule has 0 saturated carbocycles. The van der Waals surface area contributed by atoms with E-state index in [1.807, 2.05) is 30.3 Å². The predicted octanol–water partition coefficient (Wildman–Crippen LogP) is 3.61. The molecular weight excluding hydrogens is 414 g/mol. The number of hydrogen-bond donors (Lipinski definition) is 1. The lowest BCUT2D eigenvalue weighted by molar-refractivity contribution is -0.169. The van der Waals surface area contributed by atoms with Crippen LogP contribution in [0.5, 0.6) is 0 Å². The van der Waals surface area contributed by atoms with Crippen molar-refractivity contribution in [2.75, 3.05) is 19.8 Å². The number of rotatable bonds is 8. The molecule has 0 unspecified atom stereocenters. The molecule has 4 atom stereocenters. The average Bonchev–Trinajstić information content (AvgIpc) is 2.76. The number of hydrogen-bond acceptors (Lipinski definition) is 7. The Labute approximate surface area is 190 Å². The Morgan fingerprint density at radius 3 is 2.53 bits per heavy atom. The van der Waals surface area contributed by atoms with Crippen LogP contribution in [-0.2, 0) is 35.1 Å². The number of ether oxygens (including phenoxy) is 5. The first-order valence-corrected chi connectivity index (χ1v) is 11.2. The molecule has 8 nitrogen and oxygen atoms in total. The molecular formula is C24H37NO7. The largest absolute Gasteiger partial charge is 0.458 e. The highest BCUT2D eigenvalue weighted by Gasteiger charge is 2.36. The molecule has 1 aromatic rings. The van der Waals surface area contributed by atoms with Crippen LogP contribution in [0.2, 0.25) is 0 Å². The van der Waals surface area contributed by atoms with Crippen LogP contribution in [0.3, 0.4) is 0 Å². The second kappa shape index (κ2) is 12.8. The van der Waals surface area contributed by atoms with Gasteiger partial charge in [0, 0.05) is 6.61 Å². The highest BCUT2D eigenvalue weighted by molar-refractivity contribution is 5.81. The zero-order valence-corrected chi connectivity index (χ0v) is 19.8. The Balaban J connectivity index is 2.09. The minimum Gasteiger partial charge on any atom is -0.458 e. The minimum atomic E-state index is -0.989. The van der Waals surface area contributed by atoms with E-state index in [1.165, 1.54) is 0 Å². The topological polar surface area (TPSA) is 92.3 Å². The first-order chi connectivity index (χ1) is 15.2. The summed E-state index contributed by atoms with van der Waals surface area (Å²) in [6, 6.07) is 8.82. The summed E-state index contributed by atoms with van der Waals surface area (Å²) in [7, 11) is 0. The summed E-state index contributed by atoms with van der Waals surface area (Å²) in [5.74, 6) is -0.601. The molecule has 0 aliphatic carbocycles. The Morgan fingerprint density at radius 2 is 1.88 bits per heavy atom. The Morgan fingerprint density at radius 1 is 1.16 bits per heavy atom. The van der Waals surface area contributed by atoms with Crippen LogP contribution < -0.4 is 5.32 Å². The van der Waals surface area contributed by atoms with E-state index in [9.17, 15) is 9.59 Å². The van der Waals surface area contributed by atoms with Crippen molar-refractivity contribution in [3.8, 4) is 0 Å². The van der Waals surface area contributed by atoms with E-state index in [0.717, 1.165) is 18.4 Å². The lowest BCUT2D eigenvalue weighted by Gasteiger charge is -2.30. The molecule has 32 heavy (non-hydrogen) atoms. The molecule has 2 rings (SSSR count). The first-order valence-electron chi connectivity index (χ1n) is 11.2. The molecule has 0 radical (unpaired) electrons. The van der Waals surface area contributed by atoms with Gasteiger partial charge in [-0.05, 0) is 39.7 Å². The molecule has 0 bridgehead atoms. The smallest absolute Gasteiger partial charge is 0.408 e. The van der Waals surface area contributed by atoms with Gasteiger partial charge in [-0.3, -0.25) is 0 Å². The average molecular weight is 452 g/mol. The molecule has 1 aromatic carbocycles. The zero-order chi connectivity index (χ0) is 23.6. The molecule has 1 saturated heterocycles. The van der Waals surface area contributed by atoms with E-state index in [2.05, 4.69) is 12.2 Å². The maximum Gasteiger partial charge on any atom is 0.408 e. The highest BCUT2D eigenvalue weighted by atomic mass is 16.6. The molecule has 1 aliphatic rings. The zero-order valence-electron chi connectivity index (χ0n) is 19.8. The van der Waals surface area contributed by atoms with Crippen molar-refractivity contribution < 1.29 is 33.3 Å². The molecule has 180 valence electrons. The van der Waals surface area contributed by atoms with Gasteiger partial charge in [0.05, 0.1) is 19.8 Å². The van der Waals surface area contributed by atoms with Crippen LogP contribution in [0.15, 0.2) is 30.3 Å². The number of carbonyl (C=O) groups excluding carboxylic acids is 2. The number of alkyl carbamates (subject to hydrolysis) is 1. The van der Waals surface area contributed by atoms with Gasteiger partial charge in [0.1, 0.15) is 23.9 Å². The maximum atomic E-state index is 12.7. The maximum absolute atomic E-state index is 12.7. The highest BCUT2D eigenvalue weighted by Crippen LogP contribution is 2.18. The van der Waals surface area contributed by atoms with Crippen molar-refractivity contribution in [3.63, 3.8) is 0 Å². The Hall–Kier alpha value is -2.16. The molecule has 1 fully saturated rings. The van der Waals surface area contributed by atoms with Gasteiger partial charge in [-0.15, -0.1) is 0 Å². The number of esters is 1. The number of nitrogens with one attached hydrogen (secondary N) is 1. The fourth-order valence-electron chi connectivity index (χ4n) is 3.18. The van der Waals surface area contributed by atoms with Crippen LogP contribution in [0.1, 0.15) is 53.0 Å². The summed E-state index contributed by atoms with van der Waals surface area (Å²) in [4.78, 5) is 24.9. The molecule has 1 N–H and O–H groups in total. The van der Waals surface area contributed by atoms with Crippen molar-refractivity contribution >= 4 is 12.1 Å². The van der Waals surface area contributed by atoms with E-state index in [0.29, 0.717) is 13.2 Å². The normalized spacial score (nSPS) is 24.6. The number of carbonyl (C=O) groups is 2. The van der Waals surface area contributed by atoms with Crippen molar-refractivity contribution in [2.45, 2.75) is 84.0 Å². The van der Waals surface area contributed by atoms with Gasteiger partial charge >= 0.3 is 12.1 Å². The van der Waals surface area contributed by atoms with Gasteiger partial charge in [-0.1, -0.05) is 43.7 Å². The molecule has 0 aromatic heterocycles. The van der Waals surface area contributed by atoms with Gasteiger partial charge in [0.2, 0.25) is 0 Å². The van der Waals surface area contributed by atoms with E-state index in [4.69, 9.17) is 23.7 Å². The summed E-state index contributed by atoms with van der Waals surface area (Å²) >= 11 is 0. The lowest BCUT2D eigenvalue weighted by atomic mass is 10.1. The van der Waals surface area contributed by atoms with Crippen molar-refractivity contribution in [1.82, 2.24) is 5.32 Å². The third-order valence-corrected chi connectivity index (χ3v) is 4.79. The summed E-state index contributed by atoms with van der Waals surface area (Å²) in [6.45, 7) is 10.1. The summed E-state index contributed by atoms with van der Waals surface area (Å²) in [6.07, 6.45) is -0.391. The summed E-state index contributed by atoms with van der Waals surface area (Å²) in [5.41, 5.74) is 0.337. The predicted molar refractivity (Wildman–Crippen MR) is 119 cm³/mol. The third kappa shape index (κ3) is 9.14. The SMILES string of the molecule is CCCCO[C@H]1[C@H](C)OC(=O)[C@@H](NC(=O)OC(C)(C)C)COC[C@@H]1OCc1ccccc1. The molecule has 1 heterocycles. The van der Waals surface area contributed by atoms with Gasteiger partial charge < -0.3 is 29.0 Å².